The number of nitrogens with one attached hydrogen (secondary N) is 1. The second kappa shape index (κ2) is 15.9. The maximum absolute atomic E-state index is 14.0. The molecule has 2 aliphatic rings. The van der Waals surface area contributed by atoms with Gasteiger partial charge < -0.3 is 24.6 Å². The predicted octanol–water partition coefficient (Wildman–Crippen LogP) is 7.23. The molecule has 1 fully saturated rings. The SMILES string of the molecule is CCCCCc1ccc(C(=O)N(Cc2ccc(C(=O)NCc3ccc4c(c3)OCO4)cc2)C2CCN(CCC(C)C)CC2)cc1. The molecule has 2 aliphatic heterocycles. The summed E-state index contributed by atoms with van der Waals surface area (Å²) >= 11 is 0. The van der Waals surface area contributed by atoms with Gasteiger partial charge in [0.15, 0.2) is 11.5 Å². The molecule has 240 valence electrons. The molecule has 2 heterocycles. The van der Waals surface area contributed by atoms with Crippen molar-refractivity contribution < 1.29 is 19.1 Å². The van der Waals surface area contributed by atoms with E-state index in [1.807, 2.05) is 54.6 Å². The molecule has 7 nitrogen and oxygen atoms in total. The summed E-state index contributed by atoms with van der Waals surface area (Å²) in [6.07, 6.45) is 7.81. The number of amides is 2. The molecular weight excluding hydrogens is 562 g/mol. The lowest BCUT2D eigenvalue weighted by Gasteiger charge is -2.39. The molecule has 3 aromatic rings. The first-order valence-electron chi connectivity index (χ1n) is 16.8. The molecule has 45 heavy (non-hydrogen) atoms. The van der Waals surface area contributed by atoms with Crippen molar-refractivity contribution in [3.05, 3.63) is 94.5 Å². The van der Waals surface area contributed by atoms with Crippen LogP contribution in [0.1, 0.15) is 96.7 Å². The number of carbonyl (C=O) groups excluding carboxylic acids is 2. The Hall–Kier alpha value is -3.84. The number of nitrogens with zero attached hydrogens (tertiary/aromatic N) is 2. The lowest BCUT2D eigenvalue weighted by molar-refractivity contribution is 0.0546. The van der Waals surface area contributed by atoms with Crippen molar-refractivity contribution in [2.75, 3.05) is 26.4 Å². The van der Waals surface area contributed by atoms with E-state index in [2.05, 4.69) is 48.0 Å². The Morgan fingerprint density at radius 3 is 2.24 bits per heavy atom. The Bertz CT molecular complexity index is 1400. The van der Waals surface area contributed by atoms with Gasteiger partial charge in [-0.1, -0.05) is 63.9 Å². The number of aryl methyl sites for hydroxylation is 1. The highest BCUT2D eigenvalue weighted by molar-refractivity contribution is 5.95. The summed E-state index contributed by atoms with van der Waals surface area (Å²) in [4.78, 5) is 31.6. The highest BCUT2D eigenvalue weighted by atomic mass is 16.7. The van der Waals surface area contributed by atoms with Crippen LogP contribution in [0.3, 0.4) is 0 Å². The minimum atomic E-state index is -0.139. The fourth-order valence-electron chi connectivity index (χ4n) is 6.11. The zero-order valence-corrected chi connectivity index (χ0v) is 27.2. The lowest BCUT2D eigenvalue weighted by atomic mass is 9.99. The molecule has 0 saturated carbocycles. The first-order chi connectivity index (χ1) is 21.9. The first-order valence-corrected chi connectivity index (χ1v) is 16.8. The predicted molar refractivity (Wildman–Crippen MR) is 179 cm³/mol. The standard InChI is InChI=1S/C38H49N3O4/c1-4-5-6-7-29-8-15-33(16-9-29)38(43)41(34-19-22-40(23-20-34)21-18-28(2)3)26-30-10-13-32(14-11-30)37(42)39-25-31-12-17-35-36(24-31)45-27-44-35/h8-17,24,28,34H,4-7,18-23,25-27H2,1-3H3,(H,39,42). The molecule has 1 N–H and O–H groups in total. The smallest absolute Gasteiger partial charge is 0.254 e. The van der Waals surface area contributed by atoms with Crippen LogP contribution >= 0.6 is 0 Å². The van der Waals surface area contributed by atoms with E-state index in [4.69, 9.17) is 9.47 Å². The maximum atomic E-state index is 14.0. The minimum Gasteiger partial charge on any atom is -0.454 e. The van der Waals surface area contributed by atoms with Gasteiger partial charge in [0.05, 0.1) is 0 Å². The van der Waals surface area contributed by atoms with E-state index in [9.17, 15) is 9.59 Å². The Kier molecular flexibility index (Phi) is 11.5. The Morgan fingerprint density at radius 1 is 0.867 bits per heavy atom. The molecule has 0 unspecified atom stereocenters. The Labute approximate surface area is 268 Å². The van der Waals surface area contributed by atoms with Crippen molar-refractivity contribution in [1.29, 1.82) is 0 Å². The van der Waals surface area contributed by atoms with Crippen molar-refractivity contribution in [3.63, 3.8) is 0 Å². The van der Waals surface area contributed by atoms with Gasteiger partial charge in [0.2, 0.25) is 6.79 Å². The lowest BCUT2D eigenvalue weighted by Crippen LogP contribution is -2.47. The van der Waals surface area contributed by atoms with E-state index < -0.39 is 0 Å². The molecule has 0 aliphatic carbocycles. The quantitative estimate of drug-likeness (QED) is 0.195. The van der Waals surface area contributed by atoms with Gasteiger partial charge >= 0.3 is 0 Å². The molecule has 3 aromatic carbocycles. The third-order valence-corrected chi connectivity index (χ3v) is 9.01. The van der Waals surface area contributed by atoms with E-state index in [-0.39, 0.29) is 24.6 Å². The first kappa shape index (κ1) is 32.6. The van der Waals surface area contributed by atoms with Crippen LogP contribution in [0.4, 0.5) is 0 Å². The molecule has 5 rings (SSSR count). The number of piperidine rings is 1. The van der Waals surface area contributed by atoms with Gasteiger partial charge in [-0.2, -0.15) is 0 Å². The second-order valence-electron chi connectivity index (χ2n) is 12.9. The van der Waals surface area contributed by atoms with Crippen LogP contribution in [-0.4, -0.2) is 54.1 Å². The summed E-state index contributed by atoms with van der Waals surface area (Å²) < 4.78 is 10.8. The maximum Gasteiger partial charge on any atom is 0.254 e. The average Bonchev–Trinajstić information content (AvgIpc) is 3.54. The Balaban J connectivity index is 1.23. The average molecular weight is 612 g/mol. The van der Waals surface area contributed by atoms with E-state index in [1.54, 1.807) is 0 Å². The van der Waals surface area contributed by atoms with Gasteiger partial charge in [-0.05, 0) is 97.7 Å². The van der Waals surface area contributed by atoms with Crippen molar-refractivity contribution in [3.8, 4) is 11.5 Å². The molecule has 7 heteroatoms. The van der Waals surface area contributed by atoms with Gasteiger partial charge in [0.25, 0.3) is 11.8 Å². The zero-order valence-electron chi connectivity index (χ0n) is 27.2. The third kappa shape index (κ3) is 9.10. The molecule has 1 saturated heterocycles. The van der Waals surface area contributed by atoms with Crippen LogP contribution in [0.15, 0.2) is 66.7 Å². The van der Waals surface area contributed by atoms with E-state index >= 15 is 0 Å². The summed E-state index contributed by atoms with van der Waals surface area (Å²) in [5, 5.41) is 3.00. The topological polar surface area (TPSA) is 71.1 Å². The largest absolute Gasteiger partial charge is 0.454 e. The van der Waals surface area contributed by atoms with E-state index in [0.717, 1.165) is 61.3 Å². The fourth-order valence-corrected chi connectivity index (χ4v) is 6.11. The van der Waals surface area contributed by atoms with Gasteiger partial charge in [0.1, 0.15) is 0 Å². The number of hydrogen-bond acceptors (Lipinski definition) is 5. The number of hydrogen-bond donors (Lipinski definition) is 1. The van der Waals surface area contributed by atoms with Crippen LogP contribution in [0.2, 0.25) is 0 Å². The van der Waals surface area contributed by atoms with Gasteiger partial charge in [0, 0.05) is 43.3 Å². The van der Waals surface area contributed by atoms with Gasteiger partial charge in [-0.3, -0.25) is 9.59 Å². The molecule has 0 spiro atoms. The minimum absolute atomic E-state index is 0.0845. The van der Waals surface area contributed by atoms with Gasteiger partial charge in [-0.25, -0.2) is 0 Å². The molecule has 0 bridgehead atoms. The summed E-state index contributed by atoms with van der Waals surface area (Å²) in [6.45, 7) is 11.1. The van der Waals surface area contributed by atoms with Crippen LogP contribution in [0, 0.1) is 5.92 Å². The normalized spacial score (nSPS) is 14.9. The fraction of sp³-hybridized carbons (Fsp3) is 0.474. The Morgan fingerprint density at radius 2 is 1.53 bits per heavy atom. The second-order valence-corrected chi connectivity index (χ2v) is 12.9. The van der Waals surface area contributed by atoms with Crippen LogP contribution < -0.4 is 14.8 Å². The number of benzene rings is 3. The number of unbranched alkanes of at least 4 members (excludes halogenated alkanes) is 2. The summed E-state index contributed by atoms with van der Waals surface area (Å²) in [6, 6.07) is 21.8. The van der Waals surface area contributed by atoms with Gasteiger partial charge in [-0.15, -0.1) is 0 Å². The number of rotatable bonds is 14. The summed E-state index contributed by atoms with van der Waals surface area (Å²) in [5.74, 6) is 2.07. The molecule has 2 amide bonds. The monoisotopic (exact) mass is 611 g/mol. The highest BCUT2D eigenvalue weighted by Crippen LogP contribution is 2.32. The number of carbonyl (C=O) groups is 2. The van der Waals surface area contributed by atoms with Crippen molar-refractivity contribution >= 4 is 11.8 Å². The number of likely N-dealkylation sites (tertiary alicyclic amines) is 1. The third-order valence-electron chi connectivity index (χ3n) is 9.01. The number of ether oxygens (including phenoxy) is 2. The van der Waals surface area contributed by atoms with Crippen LogP contribution in [0.25, 0.3) is 0 Å². The van der Waals surface area contributed by atoms with Crippen molar-refractivity contribution in [1.82, 2.24) is 15.1 Å². The van der Waals surface area contributed by atoms with Crippen LogP contribution in [-0.2, 0) is 19.5 Å². The van der Waals surface area contributed by atoms with Crippen LogP contribution in [0.5, 0.6) is 11.5 Å². The van der Waals surface area contributed by atoms with E-state index in [1.165, 1.54) is 31.2 Å². The number of fused-ring (bicyclic) bond motifs is 1. The highest BCUT2D eigenvalue weighted by Gasteiger charge is 2.29. The van der Waals surface area contributed by atoms with Crippen molar-refractivity contribution in [2.45, 2.75) is 84.8 Å². The molecule has 0 atom stereocenters. The molecule has 0 aromatic heterocycles. The van der Waals surface area contributed by atoms with E-state index in [0.29, 0.717) is 30.3 Å². The van der Waals surface area contributed by atoms with Crippen molar-refractivity contribution in [2.24, 2.45) is 5.92 Å². The molecule has 0 radical (unpaired) electrons. The summed E-state index contributed by atoms with van der Waals surface area (Å²) in [7, 11) is 0. The summed E-state index contributed by atoms with van der Waals surface area (Å²) in [5.41, 5.74) is 4.60. The zero-order chi connectivity index (χ0) is 31.6. The molecular formula is C38H49N3O4.